The molecule has 0 unspecified atom stereocenters. The Kier molecular flexibility index (Phi) is 5.96. The van der Waals surface area contributed by atoms with Gasteiger partial charge < -0.3 is 9.47 Å². The zero-order chi connectivity index (χ0) is 17.7. The Morgan fingerprint density at radius 2 is 1.62 bits per heavy atom. The van der Waals surface area contributed by atoms with Gasteiger partial charge in [-0.25, -0.2) is 8.42 Å². The highest BCUT2D eigenvalue weighted by Gasteiger charge is 2.20. The van der Waals surface area contributed by atoms with Crippen LogP contribution in [0.25, 0.3) is 6.08 Å². The number of sulfone groups is 1. The predicted octanol–water partition coefficient (Wildman–Crippen LogP) is 4.15. The number of hydrogen-bond donors (Lipinski definition) is 0. The first-order valence-corrected chi connectivity index (χ1v) is 9.92. The van der Waals surface area contributed by atoms with E-state index in [4.69, 9.17) is 9.47 Å². The van der Waals surface area contributed by atoms with E-state index in [0.717, 1.165) is 11.1 Å². The molecule has 0 amide bonds. The van der Waals surface area contributed by atoms with E-state index in [1.165, 1.54) is 11.8 Å². The molecule has 0 atom stereocenters. The van der Waals surface area contributed by atoms with Crippen LogP contribution in [-0.4, -0.2) is 28.9 Å². The summed E-state index contributed by atoms with van der Waals surface area (Å²) in [4.78, 5) is 0.286. The molecule has 0 bridgehead atoms. The van der Waals surface area contributed by atoms with Crippen molar-refractivity contribution in [2.24, 2.45) is 0 Å². The smallest absolute Gasteiger partial charge is 0.212 e. The van der Waals surface area contributed by atoms with Gasteiger partial charge in [0.15, 0.2) is 11.5 Å². The molecule has 24 heavy (non-hydrogen) atoms. The van der Waals surface area contributed by atoms with E-state index in [0.29, 0.717) is 11.5 Å². The third kappa shape index (κ3) is 3.94. The van der Waals surface area contributed by atoms with Crippen molar-refractivity contribution in [3.05, 3.63) is 57.8 Å². The van der Waals surface area contributed by atoms with Gasteiger partial charge in [-0.05, 0) is 49.1 Å². The highest BCUT2D eigenvalue weighted by atomic mass is 32.3. The molecule has 6 heteroatoms. The van der Waals surface area contributed by atoms with Gasteiger partial charge in [0.2, 0.25) is 9.84 Å². The number of rotatable bonds is 6. The van der Waals surface area contributed by atoms with Gasteiger partial charge in [-0.15, -0.1) is 11.8 Å². The maximum Gasteiger partial charge on any atom is 0.212 e. The summed E-state index contributed by atoms with van der Waals surface area (Å²) in [6.45, 7) is 1.92. The van der Waals surface area contributed by atoms with Crippen LogP contribution in [0.4, 0.5) is 0 Å². The Labute approximate surface area is 147 Å². The SMILES string of the molecule is COc1ccc(/C=C(\SC)S(=O)(=O)c2ccc(C)cc2)cc1OC. The zero-order valence-electron chi connectivity index (χ0n) is 14.1. The topological polar surface area (TPSA) is 52.6 Å². The molecule has 0 aliphatic heterocycles. The quantitative estimate of drug-likeness (QED) is 0.771. The molecule has 0 N–H and O–H groups in total. The van der Waals surface area contributed by atoms with Crippen molar-refractivity contribution >= 4 is 27.7 Å². The number of hydrogen-bond acceptors (Lipinski definition) is 5. The Hall–Kier alpha value is -1.92. The monoisotopic (exact) mass is 364 g/mol. The molecular weight excluding hydrogens is 344 g/mol. The minimum atomic E-state index is -3.55. The van der Waals surface area contributed by atoms with Crippen molar-refractivity contribution in [2.45, 2.75) is 11.8 Å². The molecule has 0 spiro atoms. The molecule has 0 aliphatic carbocycles. The minimum Gasteiger partial charge on any atom is -0.493 e. The van der Waals surface area contributed by atoms with Gasteiger partial charge in [0.05, 0.1) is 19.1 Å². The van der Waals surface area contributed by atoms with E-state index in [-0.39, 0.29) is 9.13 Å². The molecule has 0 saturated carbocycles. The lowest BCUT2D eigenvalue weighted by Crippen LogP contribution is -2.02. The van der Waals surface area contributed by atoms with Crippen molar-refractivity contribution in [3.8, 4) is 11.5 Å². The summed E-state index contributed by atoms with van der Waals surface area (Å²) >= 11 is 1.20. The van der Waals surface area contributed by atoms with Crippen molar-refractivity contribution in [3.63, 3.8) is 0 Å². The second kappa shape index (κ2) is 7.77. The van der Waals surface area contributed by atoms with Crippen LogP contribution in [0.3, 0.4) is 0 Å². The van der Waals surface area contributed by atoms with Gasteiger partial charge in [0.1, 0.15) is 4.24 Å². The Balaban J connectivity index is 2.47. The van der Waals surface area contributed by atoms with Crippen molar-refractivity contribution < 1.29 is 17.9 Å². The molecule has 0 aromatic heterocycles. The summed E-state index contributed by atoms with van der Waals surface area (Å²) in [7, 11) is -0.446. The lowest BCUT2D eigenvalue weighted by molar-refractivity contribution is 0.355. The summed E-state index contributed by atoms with van der Waals surface area (Å²) in [5, 5.41) is 0. The Bertz CT molecular complexity index is 838. The van der Waals surface area contributed by atoms with Gasteiger partial charge in [0.25, 0.3) is 0 Å². The summed E-state index contributed by atoms with van der Waals surface area (Å²) in [6, 6.07) is 12.1. The van der Waals surface area contributed by atoms with Crippen LogP contribution in [-0.2, 0) is 9.84 Å². The second-order valence-electron chi connectivity index (χ2n) is 5.10. The predicted molar refractivity (Wildman–Crippen MR) is 99.4 cm³/mol. The first kappa shape index (κ1) is 18.4. The lowest BCUT2D eigenvalue weighted by atomic mass is 10.2. The van der Waals surface area contributed by atoms with E-state index in [9.17, 15) is 8.42 Å². The molecule has 2 aromatic carbocycles. The molecular formula is C18H20O4S2. The average molecular weight is 364 g/mol. The molecule has 0 saturated heterocycles. The van der Waals surface area contributed by atoms with Crippen molar-refractivity contribution in [2.75, 3.05) is 20.5 Å². The molecule has 2 rings (SSSR count). The summed E-state index contributed by atoms with van der Waals surface area (Å²) in [6.07, 6.45) is 3.39. The maximum atomic E-state index is 12.8. The van der Waals surface area contributed by atoms with Gasteiger partial charge in [0, 0.05) is 0 Å². The van der Waals surface area contributed by atoms with Crippen molar-refractivity contribution in [1.82, 2.24) is 0 Å². The fourth-order valence-electron chi connectivity index (χ4n) is 2.16. The zero-order valence-corrected chi connectivity index (χ0v) is 15.7. The summed E-state index contributed by atoms with van der Waals surface area (Å²) in [5.74, 6) is 1.15. The van der Waals surface area contributed by atoms with Crippen LogP contribution in [0.5, 0.6) is 11.5 Å². The fraction of sp³-hybridized carbons (Fsp3) is 0.222. The average Bonchev–Trinajstić information content (AvgIpc) is 2.59. The number of methoxy groups -OCH3 is 2. The lowest BCUT2D eigenvalue weighted by Gasteiger charge is -2.10. The van der Waals surface area contributed by atoms with E-state index in [1.54, 1.807) is 69.0 Å². The van der Waals surface area contributed by atoms with Gasteiger partial charge >= 0.3 is 0 Å². The molecule has 128 valence electrons. The normalized spacial score (nSPS) is 12.1. The second-order valence-corrected chi connectivity index (χ2v) is 8.12. The molecule has 0 aliphatic rings. The number of benzene rings is 2. The van der Waals surface area contributed by atoms with Gasteiger partial charge in [-0.3, -0.25) is 0 Å². The number of thioether (sulfide) groups is 1. The maximum absolute atomic E-state index is 12.8. The van der Waals surface area contributed by atoms with Crippen molar-refractivity contribution in [1.29, 1.82) is 0 Å². The highest BCUT2D eigenvalue weighted by molar-refractivity contribution is 8.18. The van der Waals surface area contributed by atoms with E-state index in [1.807, 2.05) is 6.92 Å². The largest absolute Gasteiger partial charge is 0.493 e. The van der Waals surface area contributed by atoms with Crippen LogP contribution in [0.15, 0.2) is 51.6 Å². The van der Waals surface area contributed by atoms with Crippen LogP contribution in [0.2, 0.25) is 0 Å². The van der Waals surface area contributed by atoms with Crippen LogP contribution >= 0.6 is 11.8 Å². The van der Waals surface area contributed by atoms with Crippen LogP contribution in [0, 0.1) is 6.92 Å². The number of aryl methyl sites for hydroxylation is 1. The standard InChI is InChI=1S/C18H20O4S2/c1-13-5-8-15(9-6-13)24(19,20)18(23-4)12-14-7-10-16(21-2)17(11-14)22-3/h5-12H,1-4H3/b18-12+. The van der Waals surface area contributed by atoms with E-state index in [2.05, 4.69) is 0 Å². The molecule has 0 heterocycles. The molecule has 4 nitrogen and oxygen atoms in total. The minimum absolute atomic E-state index is 0.276. The van der Waals surface area contributed by atoms with Crippen LogP contribution < -0.4 is 9.47 Å². The third-order valence-corrected chi connectivity index (χ3v) is 6.71. The first-order valence-electron chi connectivity index (χ1n) is 7.22. The van der Waals surface area contributed by atoms with Crippen LogP contribution in [0.1, 0.15) is 11.1 Å². The molecule has 0 fully saturated rings. The summed E-state index contributed by atoms with van der Waals surface area (Å²) in [5.41, 5.74) is 1.75. The van der Waals surface area contributed by atoms with E-state index >= 15 is 0 Å². The molecule has 0 radical (unpaired) electrons. The van der Waals surface area contributed by atoms with E-state index < -0.39 is 9.84 Å². The summed E-state index contributed by atoms with van der Waals surface area (Å²) < 4.78 is 36.4. The highest BCUT2D eigenvalue weighted by Crippen LogP contribution is 2.32. The Morgan fingerprint density at radius 3 is 2.17 bits per heavy atom. The molecule has 2 aromatic rings. The fourth-order valence-corrected chi connectivity index (χ4v) is 4.60. The Morgan fingerprint density at radius 1 is 1.00 bits per heavy atom. The first-order chi connectivity index (χ1) is 11.4. The number of ether oxygens (including phenoxy) is 2. The van der Waals surface area contributed by atoms with Gasteiger partial charge in [-0.1, -0.05) is 23.8 Å². The van der Waals surface area contributed by atoms with Gasteiger partial charge in [-0.2, -0.15) is 0 Å². The third-order valence-electron chi connectivity index (χ3n) is 3.49.